The first-order valence-electron chi connectivity index (χ1n) is 6.46. The van der Waals surface area contributed by atoms with Crippen LogP contribution in [0.1, 0.15) is 22.3 Å². The first kappa shape index (κ1) is 16.0. The average molecular weight is 279 g/mol. The molecule has 0 aliphatic heterocycles. The van der Waals surface area contributed by atoms with E-state index in [9.17, 15) is 9.59 Å². The van der Waals surface area contributed by atoms with Gasteiger partial charge in [-0.1, -0.05) is 6.07 Å². The first-order valence-corrected chi connectivity index (χ1v) is 6.46. The van der Waals surface area contributed by atoms with Gasteiger partial charge < -0.3 is 20.6 Å². The van der Waals surface area contributed by atoms with Crippen molar-refractivity contribution in [1.29, 1.82) is 0 Å². The van der Waals surface area contributed by atoms with Gasteiger partial charge in [0.1, 0.15) is 0 Å². The second kappa shape index (κ2) is 7.49. The van der Waals surface area contributed by atoms with E-state index in [0.29, 0.717) is 17.8 Å². The van der Waals surface area contributed by atoms with Crippen molar-refractivity contribution in [3.63, 3.8) is 0 Å². The second-order valence-corrected chi connectivity index (χ2v) is 4.64. The molecule has 0 atom stereocenters. The van der Waals surface area contributed by atoms with Crippen LogP contribution in [0.25, 0.3) is 0 Å². The van der Waals surface area contributed by atoms with Crippen LogP contribution in [0.4, 0.5) is 10.5 Å². The number of anilines is 1. The lowest BCUT2D eigenvalue weighted by atomic mass is 10.1. The Hall–Kier alpha value is -2.08. The largest absolute Gasteiger partial charge is 0.478 e. The highest BCUT2D eigenvalue weighted by molar-refractivity contribution is 5.94. The lowest BCUT2D eigenvalue weighted by Gasteiger charge is -2.18. The summed E-state index contributed by atoms with van der Waals surface area (Å²) in [5, 5.41) is 14.8. The Morgan fingerprint density at radius 3 is 2.65 bits per heavy atom. The number of benzene rings is 1. The molecular formula is C14H21N3O3. The van der Waals surface area contributed by atoms with Gasteiger partial charge in [0.25, 0.3) is 0 Å². The van der Waals surface area contributed by atoms with Crippen molar-refractivity contribution in [2.75, 3.05) is 32.5 Å². The maximum atomic E-state index is 11.9. The minimum absolute atomic E-state index is 0.195. The molecule has 0 aliphatic rings. The number of carboxylic acids is 1. The molecule has 1 aromatic carbocycles. The molecule has 0 fully saturated rings. The molecule has 20 heavy (non-hydrogen) atoms. The van der Waals surface area contributed by atoms with Gasteiger partial charge in [-0.2, -0.15) is 0 Å². The second-order valence-electron chi connectivity index (χ2n) is 4.64. The minimum Gasteiger partial charge on any atom is -0.478 e. The van der Waals surface area contributed by atoms with Gasteiger partial charge in [-0.05, 0) is 44.6 Å². The third-order valence-corrected chi connectivity index (χ3v) is 2.99. The van der Waals surface area contributed by atoms with Crippen molar-refractivity contribution >= 4 is 17.7 Å². The van der Waals surface area contributed by atoms with Crippen LogP contribution in [0.5, 0.6) is 0 Å². The number of nitrogens with one attached hydrogen (secondary N) is 2. The predicted octanol–water partition coefficient (Wildman–Crippen LogP) is 1.77. The third kappa shape index (κ3) is 4.55. The van der Waals surface area contributed by atoms with Crippen molar-refractivity contribution in [3.05, 3.63) is 29.3 Å². The first-order chi connectivity index (χ1) is 9.45. The van der Waals surface area contributed by atoms with Gasteiger partial charge >= 0.3 is 12.0 Å². The molecule has 6 heteroatoms. The van der Waals surface area contributed by atoms with E-state index >= 15 is 0 Å². The number of rotatable bonds is 6. The van der Waals surface area contributed by atoms with Crippen LogP contribution in [0.3, 0.4) is 0 Å². The molecule has 0 radical (unpaired) electrons. The smallest absolute Gasteiger partial charge is 0.336 e. The highest BCUT2D eigenvalue weighted by atomic mass is 16.4. The Morgan fingerprint density at radius 1 is 1.35 bits per heavy atom. The molecule has 0 bridgehead atoms. The van der Waals surface area contributed by atoms with Crippen LogP contribution in [-0.4, -0.2) is 49.2 Å². The molecule has 1 rings (SSSR count). The lowest BCUT2D eigenvalue weighted by Crippen LogP contribution is -2.33. The van der Waals surface area contributed by atoms with Crippen molar-refractivity contribution < 1.29 is 14.7 Å². The molecular weight excluding hydrogens is 258 g/mol. The van der Waals surface area contributed by atoms with Gasteiger partial charge in [0, 0.05) is 19.3 Å². The topological polar surface area (TPSA) is 81.7 Å². The van der Waals surface area contributed by atoms with Crippen molar-refractivity contribution in [1.82, 2.24) is 10.2 Å². The summed E-state index contributed by atoms with van der Waals surface area (Å²) in [7, 11) is 3.57. The standard InChI is InChI=1S/C14H21N3O3/c1-10-5-6-11(9-12(10)13(18)19)16-14(20)17(3)8-4-7-15-2/h5-6,9,15H,4,7-8H2,1-3H3,(H,16,20)(H,18,19). The number of aromatic carboxylic acids is 1. The fraction of sp³-hybridized carbons (Fsp3) is 0.429. The molecule has 110 valence electrons. The Kier molecular flexibility index (Phi) is 5.99. The summed E-state index contributed by atoms with van der Waals surface area (Å²) in [4.78, 5) is 24.5. The molecule has 2 amide bonds. The van der Waals surface area contributed by atoms with E-state index in [4.69, 9.17) is 5.11 Å². The zero-order valence-electron chi connectivity index (χ0n) is 12.1. The van der Waals surface area contributed by atoms with Crippen LogP contribution in [-0.2, 0) is 0 Å². The predicted molar refractivity (Wildman–Crippen MR) is 78.3 cm³/mol. The number of hydrogen-bond donors (Lipinski definition) is 3. The third-order valence-electron chi connectivity index (χ3n) is 2.99. The summed E-state index contributed by atoms with van der Waals surface area (Å²) in [5.41, 5.74) is 1.34. The summed E-state index contributed by atoms with van der Waals surface area (Å²) in [6.45, 7) is 3.19. The maximum Gasteiger partial charge on any atom is 0.336 e. The number of carbonyl (C=O) groups is 2. The van der Waals surface area contributed by atoms with E-state index < -0.39 is 5.97 Å². The highest BCUT2D eigenvalue weighted by Gasteiger charge is 2.11. The molecule has 0 saturated heterocycles. The molecule has 0 aromatic heterocycles. The van der Waals surface area contributed by atoms with E-state index in [0.717, 1.165) is 13.0 Å². The van der Waals surface area contributed by atoms with Crippen molar-refractivity contribution in [2.45, 2.75) is 13.3 Å². The quantitative estimate of drug-likeness (QED) is 0.693. The number of urea groups is 1. The van der Waals surface area contributed by atoms with E-state index in [-0.39, 0.29) is 11.6 Å². The van der Waals surface area contributed by atoms with E-state index in [2.05, 4.69) is 10.6 Å². The number of hydrogen-bond acceptors (Lipinski definition) is 3. The molecule has 0 unspecified atom stereocenters. The van der Waals surface area contributed by atoms with Gasteiger partial charge in [0.05, 0.1) is 5.56 Å². The number of carboxylic acid groups (broad SMARTS) is 1. The summed E-state index contributed by atoms with van der Waals surface area (Å²) in [5.74, 6) is -0.999. The molecule has 0 aliphatic carbocycles. The minimum atomic E-state index is -0.999. The summed E-state index contributed by atoms with van der Waals surface area (Å²) < 4.78 is 0. The monoisotopic (exact) mass is 279 g/mol. The summed E-state index contributed by atoms with van der Waals surface area (Å²) in [6, 6.07) is 4.60. The Balaban J connectivity index is 2.66. The van der Waals surface area contributed by atoms with E-state index in [1.807, 2.05) is 7.05 Å². The Bertz CT molecular complexity index is 489. The number of nitrogens with zero attached hydrogens (tertiary/aromatic N) is 1. The number of amides is 2. The summed E-state index contributed by atoms with van der Waals surface area (Å²) in [6.07, 6.45) is 0.856. The zero-order valence-corrected chi connectivity index (χ0v) is 12.1. The summed E-state index contributed by atoms with van der Waals surface area (Å²) >= 11 is 0. The van der Waals surface area contributed by atoms with Crippen LogP contribution in [0.2, 0.25) is 0 Å². The molecule has 0 heterocycles. The van der Waals surface area contributed by atoms with Crippen LogP contribution >= 0.6 is 0 Å². The fourth-order valence-corrected chi connectivity index (χ4v) is 1.74. The van der Waals surface area contributed by atoms with Crippen molar-refractivity contribution in [3.8, 4) is 0 Å². The highest BCUT2D eigenvalue weighted by Crippen LogP contribution is 2.15. The van der Waals surface area contributed by atoms with Crippen molar-refractivity contribution in [2.24, 2.45) is 0 Å². The molecule has 3 N–H and O–H groups in total. The average Bonchev–Trinajstić information content (AvgIpc) is 2.40. The lowest BCUT2D eigenvalue weighted by molar-refractivity contribution is 0.0696. The van der Waals surface area contributed by atoms with Crippen LogP contribution < -0.4 is 10.6 Å². The SMILES string of the molecule is CNCCCN(C)C(=O)Nc1ccc(C)c(C(=O)O)c1. The number of aryl methyl sites for hydroxylation is 1. The Labute approximate surface area is 118 Å². The van der Waals surface area contributed by atoms with Gasteiger partial charge in [0.15, 0.2) is 0 Å². The fourth-order valence-electron chi connectivity index (χ4n) is 1.74. The van der Waals surface area contributed by atoms with Gasteiger partial charge in [-0.3, -0.25) is 0 Å². The molecule has 0 saturated carbocycles. The molecule has 6 nitrogen and oxygen atoms in total. The van der Waals surface area contributed by atoms with Crippen LogP contribution in [0.15, 0.2) is 18.2 Å². The van der Waals surface area contributed by atoms with E-state index in [1.165, 1.54) is 6.07 Å². The maximum absolute atomic E-state index is 11.9. The van der Waals surface area contributed by atoms with Gasteiger partial charge in [-0.15, -0.1) is 0 Å². The zero-order chi connectivity index (χ0) is 15.1. The molecule has 0 spiro atoms. The molecule has 1 aromatic rings. The number of carbonyl (C=O) groups excluding carboxylic acids is 1. The Morgan fingerprint density at radius 2 is 2.05 bits per heavy atom. The van der Waals surface area contributed by atoms with Gasteiger partial charge in [0.2, 0.25) is 0 Å². The van der Waals surface area contributed by atoms with Crippen LogP contribution in [0, 0.1) is 6.92 Å². The normalized spacial score (nSPS) is 10.2. The van der Waals surface area contributed by atoms with Gasteiger partial charge in [-0.25, -0.2) is 9.59 Å². The van der Waals surface area contributed by atoms with E-state index in [1.54, 1.807) is 31.0 Å².